The highest BCUT2D eigenvalue weighted by Crippen LogP contribution is 2.18. The average molecular weight is 403 g/mol. The predicted molar refractivity (Wildman–Crippen MR) is 111 cm³/mol. The number of nitrogens with one attached hydrogen (secondary N) is 1. The number of amides is 1. The highest BCUT2D eigenvalue weighted by molar-refractivity contribution is 6.15. The number of methoxy groups -OCH3 is 1. The molecular formula is C24H21NO5. The van der Waals surface area contributed by atoms with Gasteiger partial charge in [-0.3, -0.25) is 9.59 Å². The van der Waals surface area contributed by atoms with Gasteiger partial charge in [-0.05, 0) is 17.7 Å². The monoisotopic (exact) mass is 403 g/mol. The molecule has 152 valence electrons. The fourth-order valence-corrected chi connectivity index (χ4v) is 2.85. The lowest BCUT2D eigenvalue weighted by atomic mass is 10.0. The molecule has 1 amide bonds. The Labute approximate surface area is 174 Å². The van der Waals surface area contributed by atoms with Gasteiger partial charge in [0, 0.05) is 5.56 Å². The number of para-hydroxylation sites is 1. The molecule has 3 aromatic carbocycles. The van der Waals surface area contributed by atoms with E-state index in [2.05, 4.69) is 5.32 Å². The second kappa shape index (κ2) is 10.0. The number of carbonyl (C=O) groups is 3. The summed E-state index contributed by atoms with van der Waals surface area (Å²) in [5, 5.41) is 2.50. The van der Waals surface area contributed by atoms with E-state index >= 15 is 0 Å². The number of hydrogen-bond donors (Lipinski definition) is 1. The summed E-state index contributed by atoms with van der Waals surface area (Å²) in [5.74, 6) is -1.68. The molecule has 0 aromatic heterocycles. The first-order valence-corrected chi connectivity index (χ1v) is 9.34. The molecule has 1 unspecified atom stereocenters. The maximum atomic E-state index is 13.0. The van der Waals surface area contributed by atoms with Gasteiger partial charge in [0.05, 0.1) is 12.7 Å². The third kappa shape index (κ3) is 5.11. The third-order valence-electron chi connectivity index (χ3n) is 4.41. The molecule has 3 rings (SSSR count). The maximum Gasteiger partial charge on any atom is 0.337 e. The van der Waals surface area contributed by atoms with E-state index in [-0.39, 0.29) is 12.2 Å². The molecule has 6 nitrogen and oxygen atoms in total. The molecule has 1 atom stereocenters. The Morgan fingerprint density at radius 3 is 2.10 bits per heavy atom. The molecule has 0 radical (unpaired) electrons. The van der Waals surface area contributed by atoms with Crippen LogP contribution >= 0.6 is 0 Å². The molecule has 1 N–H and O–H groups in total. The first-order chi connectivity index (χ1) is 14.6. The summed E-state index contributed by atoms with van der Waals surface area (Å²) in [6.45, 7) is -0.0111. The van der Waals surface area contributed by atoms with Gasteiger partial charge < -0.3 is 14.8 Å². The first-order valence-electron chi connectivity index (χ1n) is 9.34. The number of esters is 1. The van der Waals surface area contributed by atoms with Gasteiger partial charge in [0.2, 0.25) is 0 Å². The minimum absolute atomic E-state index is 0.0111. The molecule has 0 saturated heterocycles. The Bertz CT molecular complexity index is 1020. The van der Waals surface area contributed by atoms with Crippen LogP contribution in [0.4, 0.5) is 0 Å². The fourth-order valence-electron chi connectivity index (χ4n) is 2.85. The van der Waals surface area contributed by atoms with Crippen molar-refractivity contribution in [1.82, 2.24) is 5.32 Å². The average Bonchev–Trinajstić information content (AvgIpc) is 2.81. The van der Waals surface area contributed by atoms with Crippen LogP contribution in [0.25, 0.3) is 0 Å². The van der Waals surface area contributed by atoms with Crippen LogP contribution in [0, 0.1) is 0 Å². The zero-order chi connectivity index (χ0) is 21.3. The van der Waals surface area contributed by atoms with E-state index in [1.807, 2.05) is 18.2 Å². The van der Waals surface area contributed by atoms with Crippen LogP contribution in [0.5, 0.6) is 5.75 Å². The second-order valence-corrected chi connectivity index (χ2v) is 6.43. The smallest absolute Gasteiger partial charge is 0.337 e. The van der Waals surface area contributed by atoms with Gasteiger partial charge in [0.15, 0.2) is 11.8 Å². The fraction of sp³-hybridized carbons (Fsp3) is 0.125. The second-order valence-electron chi connectivity index (χ2n) is 6.43. The summed E-state index contributed by atoms with van der Waals surface area (Å²) in [6.07, 6.45) is 0. The number of hydrogen-bond acceptors (Lipinski definition) is 5. The molecule has 0 heterocycles. The lowest BCUT2D eigenvalue weighted by Crippen LogP contribution is -2.47. The van der Waals surface area contributed by atoms with Crippen molar-refractivity contribution < 1.29 is 23.9 Å². The molecule has 0 saturated carbocycles. The Kier molecular flexibility index (Phi) is 6.95. The molecule has 3 aromatic rings. The van der Waals surface area contributed by atoms with Crippen molar-refractivity contribution in [2.75, 3.05) is 7.11 Å². The molecule has 0 aliphatic heterocycles. The van der Waals surface area contributed by atoms with Crippen molar-refractivity contribution in [2.45, 2.75) is 12.6 Å². The van der Waals surface area contributed by atoms with Crippen LogP contribution in [0.3, 0.4) is 0 Å². The van der Waals surface area contributed by atoms with Gasteiger partial charge in [-0.25, -0.2) is 4.79 Å². The molecular weight excluding hydrogens is 382 g/mol. The third-order valence-corrected chi connectivity index (χ3v) is 4.41. The zero-order valence-corrected chi connectivity index (χ0v) is 16.4. The van der Waals surface area contributed by atoms with Gasteiger partial charge in [0.1, 0.15) is 12.4 Å². The van der Waals surface area contributed by atoms with E-state index in [1.165, 1.54) is 7.11 Å². The summed E-state index contributed by atoms with van der Waals surface area (Å²) in [4.78, 5) is 38.5. The minimum atomic E-state index is -1.49. The largest absolute Gasteiger partial charge is 0.496 e. The number of Topliss-reactive ketones (excluding diaryl/α,β-unsaturated/α-hetero) is 1. The van der Waals surface area contributed by atoms with Crippen LogP contribution in [0.15, 0.2) is 84.9 Å². The Hall–Kier alpha value is -3.93. The number of carbonyl (C=O) groups excluding carboxylic acids is 3. The SMILES string of the molecule is COc1ccccc1C(=O)NC(C(=O)OCc1ccccc1)C(=O)c1ccccc1. The van der Waals surface area contributed by atoms with Crippen molar-refractivity contribution >= 4 is 17.7 Å². The summed E-state index contributed by atoms with van der Waals surface area (Å²) >= 11 is 0. The summed E-state index contributed by atoms with van der Waals surface area (Å²) in [7, 11) is 1.44. The maximum absolute atomic E-state index is 13.0. The molecule has 0 aliphatic rings. The number of rotatable bonds is 8. The molecule has 0 bridgehead atoms. The van der Waals surface area contributed by atoms with Crippen molar-refractivity contribution in [3.8, 4) is 5.75 Å². The molecule has 30 heavy (non-hydrogen) atoms. The minimum Gasteiger partial charge on any atom is -0.496 e. The topological polar surface area (TPSA) is 81.7 Å². The highest BCUT2D eigenvalue weighted by Gasteiger charge is 2.31. The lowest BCUT2D eigenvalue weighted by Gasteiger charge is -2.18. The highest BCUT2D eigenvalue weighted by atomic mass is 16.5. The van der Waals surface area contributed by atoms with Gasteiger partial charge in [-0.2, -0.15) is 0 Å². The van der Waals surface area contributed by atoms with E-state index < -0.39 is 23.7 Å². The summed E-state index contributed by atoms with van der Waals surface area (Å²) in [5.41, 5.74) is 1.27. The lowest BCUT2D eigenvalue weighted by molar-refractivity contribution is -0.145. The van der Waals surface area contributed by atoms with Gasteiger partial charge in [0.25, 0.3) is 5.91 Å². The number of benzene rings is 3. The van der Waals surface area contributed by atoms with Crippen molar-refractivity contribution in [2.24, 2.45) is 0 Å². The van der Waals surface area contributed by atoms with E-state index in [4.69, 9.17) is 9.47 Å². The van der Waals surface area contributed by atoms with Crippen LogP contribution in [0.2, 0.25) is 0 Å². The van der Waals surface area contributed by atoms with E-state index in [0.717, 1.165) is 5.56 Å². The summed E-state index contributed by atoms with van der Waals surface area (Å²) in [6, 6.07) is 22.4. The Morgan fingerprint density at radius 1 is 0.833 bits per heavy atom. The van der Waals surface area contributed by atoms with Gasteiger partial charge in [-0.15, -0.1) is 0 Å². The van der Waals surface area contributed by atoms with Crippen LogP contribution in [-0.4, -0.2) is 30.8 Å². The number of ether oxygens (including phenoxy) is 2. The first kappa shape index (κ1) is 20.8. The molecule has 0 aliphatic carbocycles. The van der Waals surface area contributed by atoms with E-state index in [9.17, 15) is 14.4 Å². The van der Waals surface area contributed by atoms with Crippen molar-refractivity contribution in [3.63, 3.8) is 0 Å². The number of ketones is 1. The van der Waals surface area contributed by atoms with E-state index in [0.29, 0.717) is 11.3 Å². The summed E-state index contributed by atoms with van der Waals surface area (Å²) < 4.78 is 10.5. The molecule has 0 fully saturated rings. The van der Waals surface area contributed by atoms with E-state index in [1.54, 1.807) is 66.7 Å². The van der Waals surface area contributed by atoms with Gasteiger partial charge >= 0.3 is 5.97 Å². The van der Waals surface area contributed by atoms with Crippen molar-refractivity contribution in [3.05, 3.63) is 102 Å². The normalized spacial score (nSPS) is 11.2. The zero-order valence-electron chi connectivity index (χ0n) is 16.4. The van der Waals surface area contributed by atoms with Crippen LogP contribution in [-0.2, 0) is 16.1 Å². The van der Waals surface area contributed by atoms with Gasteiger partial charge in [-0.1, -0.05) is 72.8 Å². The molecule has 6 heteroatoms. The quantitative estimate of drug-likeness (QED) is 0.354. The Balaban J connectivity index is 1.82. The standard InChI is InChI=1S/C24H21NO5/c1-29-20-15-9-8-14-19(20)23(27)25-21(22(26)18-12-6-3-7-13-18)24(28)30-16-17-10-4-2-5-11-17/h2-15,21H,16H2,1H3,(H,25,27). The Morgan fingerprint density at radius 2 is 1.43 bits per heavy atom. The van der Waals surface area contributed by atoms with Crippen molar-refractivity contribution in [1.29, 1.82) is 0 Å². The predicted octanol–water partition coefficient (Wildman–Crippen LogP) is 3.42. The van der Waals surface area contributed by atoms with Crippen LogP contribution in [0.1, 0.15) is 26.3 Å². The molecule has 0 spiro atoms. The van der Waals surface area contributed by atoms with Crippen LogP contribution < -0.4 is 10.1 Å².